The van der Waals surface area contributed by atoms with Crippen molar-refractivity contribution < 1.29 is 59.7 Å². The summed E-state index contributed by atoms with van der Waals surface area (Å²) in [6.45, 7) is 6.59. The van der Waals surface area contributed by atoms with E-state index in [1.807, 2.05) is 23.6 Å². The van der Waals surface area contributed by atoms with Crippen molar-refractivity contribution in [1.82, 2.24) is 20.4 Å². The van der Waals surface area contributed by atoms with E-state index in [1.54, 1.807) is 21.6 Å². The quantitative estimate of drug-likeness (QED) is 0.0894. The van der Waals surface area contributed by atoms with Crippen LogP contribution in [-0.2, 0) is 49.4 Å². The number of azo groups is 2. The second-order valence-electron chi connectivity index (χ2n) is 11.3. The molecule has 0 saturated heterocycles. The number of hydrogen-bond acceptors (Lipinski definition) is 16. The van der Waals surface area contributed by atoms with Gasteiger partial charge in [0.1, 0.15) is 22.4 Å². The zero-order chi connectivity index (χ0) is 39.3. The molecule has 4 aromatic rings. The summed E-state index contributed by atoms with van der Waals surface area (Å²) in [5.41, 5.74) is -5.57. The van der Waals surface area contributed by atoms with E-state index < -0.39 is 31.1 Å². The van der Waals surface area contributed by atoms with Gasteiger partial charge in [-0.05, 0) is 74.9 Å². The molecule has 2 N–H and O–H groups in total. The third-order valence-electron chi connectivity index (χ3n) is 7.87. The summed E-state index contributed by atoms with van der Waals surface area (Å²) in [6, 6.07) is 5.84. The maximum Gasteiger partial charge on any atom is 0.516 e. The Hall–Kier alpha value is -4.07. The van der Waals surface area contributed by atoms with Crippen LogP contribution in [0, 0.1) is 0 Å². The molecule has 0 saturated carbocycles. The summed E-state index contributed by atoms with van der Waals surface area (Å²) in [7, 11) is -11.2. The third-order valence-corrected chi connectivity index (χ3v) is 11.2. The minimum atomic E-state index is -5.59. The number of hydrogen-bond donors (Lipinski definition) is 2. The van der Waals surface area contributed by atoms with Crippen LogP contribution in [0.3, 0.4) is 0 Å². The van der Waals surface area contributed by atoms with E-state index in [4.69, 9.17) is 0 Å². The molecule has 302 valence electrons. The first kappa shape index (κ1) is 43.7. The van der Waals surface area contributed by atoms with Crippen molar-refractivity contribution in [2.24, 2.45) is 20.5 Å². The van der Waals surface area contributed by atoms with Gasteiger partial charge in [-0.3, -0.25) is 9.44 Å². The predicted octanol–water partition coefficient (Wildman–Crippen LogP) is 7.97. The maximum atomic E-state index is 12.8. The van der Waals surface area contributed by atoms with Gasteiger partial charge in [0.2, 0.25) is 0 Å². The van der Waals surface area contributed by atoms with Gasteiger partial charge < -0.3 is 9.80 Å². The maximum absolute atomic E-state index is 12.8. The molecule has 6 rings (SSSR count). The van der Waals surface area contributed by atoms with Gasteiger partial charge in [-0.2, -0.15) is 43.2 Å². The fourth-order valence-corrected chi connectivity index (χ4v) is 7.28. The number of nitrogens with zero attached hydrogens (tertiary/aromatic N) is 10. The molecule has 0 aliphatic carbocycles. The molecular weight excluding hydrogens is 869 g/mol. The van der Waals surface area contributed by atoms with Gasteiger partial charge in [0.25, 0.3) is 10.3 Å². The molecule has 4 heterocycles. The molecule has 2 aliphatic rings. The van der Waals surface area contributed by atoms with E-state index in [-0.39, 0.29) is 49.5 Å². The third kappa shape index (κ3) is 10.6. The largest absolute Gasteiger partial charge is 0.516 e. The number of fused-ring (bicyclic) bond motifs is 2. The Kier molecular flexibility index (Phi) is 14.1. The molecular formula is C28H30F6N12NiO4S4. The van der Waals surface area contributed by atoms with Crippen LogP contribution in [0.15, 0.2) is 55.7 Å². The first-order valence-corrected chi connectivity index (χ1v) is 20.5. The molecule has 2 aromatic carbocycles. The Morgan fingerprint density at radius 3 is 1.36 bits per heavy atom. The fraction of sp³-hybridized carbons (Fsp3) is 0.429. The average Bonchev–Trinajstić information content (AvgIpc) is 3.83. The van der Waals surface area contributed by atoms with Gasteiger partial charge in [-0.25, -0.2) is 0 Å². The number of sulfonamides is 2. The van der Waals surface area contributed by atoms with E-state index in [0.29, 0.717) is 37.3 Å². The van der Waals surface area contributed by atoms with Crippen molar-refractivity contribution in [2.75, 3.05) is 45.4 Å². The van der Waals surface area contributed by atoms with Gasteiger partial charge >= 0.3 is 31.1 Å². The smallest absolute Gasteiger partial charge is 0.372 e. The minimum Gasteiger partial charge on any atom is -0.372 e. The second kappa shape index (κ2) is 17.8. The van der Waals surface area contributed by atoms with Crippen LogP contribution in [0.25, 0.3) is 0 Å². The van der Waals surface area contributed by atoms with Crippen LogP contribution in [0.4, 0.5) is 70.7 Å². The molecule has 0 fully saturated rings. The van der Waals surface area contributed by atoms with Crippen molar-refractivity contribution in [3.63, 3.8) is 0 Å². The first-order valence-electron chi connectivity index (χ1n) is 15.8. The molecule has 2 aromatic heterocycles. The molecule has 0 unspecified atom stereocenters. The van der Waals surface area contributed by atoms with E-state index in [0.717, 1.165) is 59.7 Å². The Labute approximate surface area is 328 Å². The Morgan fingerprint density at radius 2 is 1.05 bits per heavy atom. The number of nitrogens with one attached hydrogen (secondary N) is 2. The van der Waals surface area contributed by atoms with Gasteiger partial charge in [0.05, 0.1) is 11.4 Å². The van der Waals surface area contributed by atoms with E-state index in [1.165, 1.54) is 23.2 Å². The summed E-state index contributed by atoms with van der Waals surface area (Å²) in [5, 5.41) is 30.3. The molecule has 0 spiro atoms. The van der Waals surface area contributed by atoms with Crippen molar-refractivity contribution in [3.05, 3.63) is 46.4 Å². The average molecular weight is 900 g/mol. The topological polar surface area (TPSA) is 200 Å². The molecule has 16 nitrogen and oxygen atoms in total. The van der Waals surface area contributed by atoms with Crippen LogP contribution in [0.2, 0.25) is 0 Å². The number of anilines is 4. The molecule has 0 amide bonds. The minimum absolute atomic E-state index is 0. The van der Waals surface area contributed by atoms with E-state index >= 15 is 0 Å². The van der Waals surface area contributed by atoms with Gasteiger partial charge in [-0.1, -0.05) is 22.7 Å². The van der Waals surface area contributed by atoms with Crippen LogP contribution in [-0.4, -0.2) is 74.4 Å². The van der Waals surface area contributed by atoms with E-state index in [2.05, 4.69) is 40.9 Å². The summed E-state index contributed by atoms with van der Waals surface area (Å²) in [4.78, 5) is 3.94. The van der Waals surface area contributed by atoms with Crippen LogP contribution in [0.1, 0.15) is 37.8 Å². The van der Waals surface area contributed by atoms with E-state index in [9.17, 15) is 43.2 Å². The van der Waals surface area contributed by atoms with Crippen LogP contribution < -0.4 is 19.2 Å². The Bertz CT molecular complexity index is 2050. The zero-order valence-electron chi connectivity index (χ0n) is 28.4. The summed E-state index contributed by atoms with van der Waals surface area (Å²) >= 11 is 2.18. The standard InChI is InChI=1S/2C14H15F3N6O2S2.Ni/c2*1-2-23-5-3-4-9-6-10(19-21-13-20-18-8-26-13)11(7-12(9)23)22-27(24,25)14(15,16)17;/h2*6-8,22H,2-5H2,1H3;. The SMILES string of the molecule is CCN1CCCc2cc(N=Nc3nncs3)c(NS(=O)(=O)C(F)(F)F)cc21.CCN1CCCc2cc(N=Nc3nncs3)c(NS(=O)(=O)C(F)(F)F)cc21.[Ni]. The van der Waals surface area contributed by atoms with Crippen molar-refractivity contribution in [3.8, 4) is 0 Å². The van der Waals surface area contributed by atoms with Gasteiger partial charge in [0, 0.05) is 54.0 Å². The number of halogens is 6. The van der Waals surface area contributed by atoms with Crippen molar-refractivity contribution in [2.45, 2.75) is 50.5 Å². The normalized spacial score (nSPS) is 14.9. The molecule has 0 radical (unpaired) electrons. The van der Waals surface area contributed by atoms with Crippen LogP contribution in [0.5, 0.6) is 0 Å². The van der Waals surface area contributed by atoms with Crippen molar-refractivity contribution >= 4 is 87.1 Å². The van der Waals surface area contributed by atoms with Gasteiger partial charge in [-0.15, -0.1) is 40.9 Å². The Balaban J connectivity index is 0.000000240. The summed E-state index contributed by atoms with van der Waals surface area (Å²) < 4.78 is 126. The molecule has 0 atom stereocenters. The molecule has 27 heteroatoms. The number of rotatable bonds is 10. The number of aryl methyl sites for hydroxylation is 2. The predicted molar refractivity (Wildman–Crippen MR) is 191 cm³/mol. The number of aromatic nitrogens is 4. The summed E-state index contributed by atoms with van der Waals surface area (Å²) in [5.74, 6) is 0. The van der Waals surface area contributed by atoms with Crippen LogP contribution >= 0.6 is 22.7 Å². The molecule has 0 bridgehead atoms. The first-order chi connectivity index (χ1) is 25.4. The monoisotopic (exact) mass is 898 g/mol. The van der Waals surface area contributed by atoms with Gasteiger partial charge in [0.15, 0.2) is 0 Å². The Morgan fingerprint density at radius 1 is 0.673 bits per heavy atom. The molecule has 55 heavy (non-hydrogen) atoms. The molecule has 2 aliphatic heterocycles. The number of alkyl halides is 6. The van der Waals surface area contributed by atoms with Crippen molar-refractivity contribution in [1.29, 1.82) is 0 Å². The fourth-order valence-electron chi connectivity index (χ4n) is 5.40. The second-order valence-corrected chi connectivity index (χ2v) is 16.3. The summed E-state index contributed by atoms with van der Waals surface area (Å²) in [6.07, 6.45) is 3.17. The zero-order valence-corrected chi connectivity index (χ0v) is 32.7. The number of benzene rings is 2.